The van der Waals surface area contributed by atoms with Crippen LogP contribution in [0.5, 0.6) is 11.5 Å². The Morgan fingerprint density at radius 1 is 0.929 bits per heavy atom. The van der Waals surface area contributed by atoms with Crippen molar-refractivity contribution in [1.29, 1.82) is 0 Å². The molecule has 0 aromatic heterocycles. The summed E-state index contributed by atoms with van der Waals surface area (Å²) in [5, 5.41) is 13.3. The highest BCUT2D eigenvalue weighted by molar-refractivity contribution is 6.36. The summed E-state index contributed by atoms with van der Waals surface area (Å²) in [7, 11) is 0. The number of benzene rings is 2. The average molecular weight is 418 g/mol. The van der Waals surface area contributed by atoms with Crippen molar-refractivity contribution in [3.63, 3.8) is 0 Å². The lowest BCUT2D eigenvalue weighted by atomic mass is 10.2. The van der Waals surface area contributed by atoms with Crippen LogP contribution in [0.1, 0.15) is 19.4 Å². The Bertz CT molecular complexity index is 1070. The first-order valence-electron chi connectivity index (χ1n) is 9.21. The number of anilines is 1. The zero-order valence-electron chi connectivity index (χ0n) is 15.7. The maximum Gasteiger partial charge on any atom is 0.161 e. The number of H-pyrrole nitrogens is 2. The van der Waals surface area contributed by atoms with E-state index in [1.165, 1.54) is 0 Å². The number of nitrogens with one attached hydrogen (secondary N) is 3. The molecule has 7 heteroatoms. The third-order valence-corrected chi connectivity index (χ3v) is 5.35. The van der Waals surface area contributed by atoms with Crippen molar-refractivity contribution in [2.45, 2.75) is 20.4 Å². The molecular formula is C21H21Cl2N3O2. The summed E-state index contributed by atoms with van der Waals surface area (Å²) in [5.41, 5.74) is 2.92. The van der Waals surface area contributed by atoms with E-state index in [4.69, 9.17) is 32.7 Å². The molecule has 1 aliphatic heterocycles. The van der Waals surface area contributed by atoms with E-state index in [2.05, 4.69) is 21.6 Å². The highest BCUT2D eigenvalue weighted by Crippen LogP contribution is 2.42. The lowest BCUT2D eigenvalue weighted by molar-refractivity contribution is 0.288. The molecule has 5 nitrogen and oxygen atoms in total. The molecule has 0 saturated carbocycles. The Balaban J connectivity index is 1.68. The third-order valence-electron chi connectivity index (χ3n) is 4.64. The summed E-state index contributed by atoms with van der Waals surface area (Å²) in [4.78, 5) is 0. The lowest BCUT2D eigenvalue weighted by Gasteiger charge is -2.11. The molecule has 0 unspecified atom stereocenters. The number of fused-ring (bicyclic) bond motifs is 3. The summed E-state index contributed by atoms with van der Waals surface area (Å²) < 4.78 is 11.5. The summed E-state index contributed by atoms with van der Waals surface area (Å²) in [5.74, 6) is 2.38. The van der Waals surface area contributed by atoms with Crippen molar-refractivity contribution in [3.05, 3.63) is 52.0 Å². The molecule has 3 N–H and O–H groups in total. The predicted octanol–water partition coefficient (Wildman–Crippen LogP) is 6.32. The fourth-order valence-corrected chi connectivity index (χ4v) is 3.89. The van der Waals surface area contributed by atoms with Crippen LogP contribution in [0.4, 0.5) is 5.82 Å². The molecule has 1 aliphatic carbocycles. The second-order valence-corrected chi connectivity index (χ2v) is 7.18. The van der Waals surface area contributed by atoms with Crippen molar-refractivity contribution in [2.24, 2.45) is 0 Å². The zero-order chi connectivity index (χ0) is 19.7. The Kier molecular flexibility index (Phi) is 5.29. The van der Waals surface area contributed by atoms with Crippen LogP contribution in [-0.2, 0) is 6.54 Å². The first kappa shape index (κ1) is 18.8. The highest BCUT2D eigenvalue weighted by atomic mass is 35.5. The van der Waals surface area contributed by atoms with Crippen LogP contribution >= 0.6 is 23.2 Å². The van der Waals surface area contributed by atoms with Gasteiger partial charge < -0.3 is 14.8 Å². The van der Waals surface area contributed by atoms with Gasteiger partial charge in [-0.15, -0.1) is 0 Å². The quantitative estimate of drug-likeness (QED) is 0.329. The molecule has 2 aromatic rings. The fourth-order valence-electron chi connectivity index (χ4n) is 3.36. The number of rotatable bonds is 7. The number of halogens is 2. The molecule has 28 heavy (non-hydrogen) atoms. The first-order valence-corrected chi connectivity index (χ1v) is 9.97. The van der Waals surface area contributed by atoms with Gasteiger partial charge in [-0.1, -0.05) is 29.3 Å². The zero-order valence-corrected chi connectivity index (χ0v) is 17.2. The topological polar surface area (TPSA) is 62.1 Å². The lowest BCUT2D eigenvalue weighted by Crippen LogP contribution is -2.01. The van der Waals surface area contributed by atoms with Crippen LogP contribution in [0.15, 0.2) is 36.4 Å². The summed E-state index contributed by atoms with van der Waals surface area (Å²) in [6, 6.07) is 11.7. The van der Waals surface area contributed by atoms with E-state index >= 15 is 0 Å². The van der Waals surface area contributed by atoms with Crippen molar-refractivity contribution >= 4 is 39.8 Å². The highest BCUT2D eigenvalue weighted by Gasteiger charge is 2.20. The molecule has 0 bridgehead atoms. The van der Waals surface area contributed by atoms with Crippen LogP contribution in [0.3, 0.4) is 0 Å². The second kappa shape index (κ2) is 7.86. The average Bonchev–Trinajstić information content (AvgIpc) is 3.21. The van der Waals surface area contributed by atoms with Crippen molar-refractivity contribution in [1.82, 2.24) is 10.2 Å². The van der Waals surface area contributed by atoms with Crippen LogP contribution < -0.4 is 14.8 Å². The van der Waals surface area contributed by atoms with Crippen LogP contribution in [-0.4, -0.2) is 23.4 Å². The van der Waals surface area contributed by atoms with Crippen LogP contribution in [0.2, 0.25) is 10.0 Å². The Hall–Kier alpha value is -2.50. The molecule has 2 aliphatic rings. The Morgan fingerprint density at radius 3 is 2.29 bits per heavy atom. The van der Waals surface area contributed by atoms with E-state index in [1.54, 1.807) is 0 Å². The molecule has 2 aromatic carbocycles. The van der Waals surface area contributed by atoms with E-state index in [-0.39, 0.29) is 0 Å². The monoisotopic (exact) mass is 417 g/mol. The van der Waals surface area contributed by atoms with Crippen molar-refractivity contribution in [3.8, 4) is 22.8 Å². The fraction of sp³-hybridized carbons (Fsp3) is 0.238. The summed E-state index contributed by atoms with van der Waals surface area (Å²) >= 11 is 12.6. The van der Waals surface area contributed by atoms with Crippen molar-refractivity contribution in [2.75, 3.05) is 18.5 Å². The molecule has 0 radical (unpaired) electrons. The summed E-state index contributed by atoms with van der Waals surface area (Å²) in [6.45, 7) is 5.61. The van der Waals surface area contributed by atoms with Gasteiger partial charge in [0, 0.05) is 33.1 Å². The molecule has 146 valence electrons. The van der Waals surface area contributed by atoms with Gasteiger partial charge in [-0.3, -0.25) is 10.2 Å². The smallest absolute Gasteiger partial charge is 0.161 e. The third kappa shape index (κ3) is 3.36. The van der Waals surface area contributed by atoms with Gasteiger partial charge in [0.15, 0.2) is 11.5 Å². The maximum atomic E-state index is 6.28. The van der Waals surface area contributed by atoms with E-state index in [9.17, 15) is 0 Å². The SMILES string of the molecule is CCOc1cc2cc3c(NCc4c(Cl)cccc4Cl)[nH][nH]c-3c2cc1OCC. The van der Waals surface area contributed by atoms with Gasteiger partial charge >= 0.3 is 0 Å². The number of aromatic nitrogens is 2. The molecule has 0 spiro atoms. The van der Waals surface area contributed by atoms with Gasteiger partial charge in [0.25, 0.3) is 0 Å². The van der Waals surface area contributed by atoms with E-state index in [0.717, 1.165) is 44.9 Å². The van der Waals surface area contributed by atoms with Gasteiger partial charge in [-0.25, -0.2) is 0 Å². The Morgan fingerprint density at radius 2 is 1.61 bits per heavy atom. The molecule has 0 amide bonds. The van der Waals surface area contributed by atoms with E-state index in [1.807, 2.05) is 44.2 Å². The standard InChI is InChI=1S/C21H21Cl2N3O2/c1-3-27-18-9-12-8-14-20(13(12)10-19(18)28-4-2)25-26-21(14)24-11-15-16(22)6-5-7-17(15)23/h5-10,24-26H,3-4,11H2,1-2H3. The van der Waals surface area contributed by atoms with Crippen molar-refractivity contribution < 1.29 is 9.47 Å². The second-order valence-electron chi connectivity index (χ2n) is 6.36. The molecule has 1 heterocycles. The number of hydrogen-bond acceptors (Lipinski definition) is 3. The predicted molar refractivity (Wildman–Crippen MR) is 115 cm³/mol. The largest absolute Gasteiger partial charge is 0.490 e. The minimum atomic E-state index is 0.512. The number of ether oxygens (including phenoxy) is 2. The Labute approximate surface area is 173 Å². The molecule has 4 rings (SSSR count). The molecule has 0 atom stereocenters. The molecule has 0 saturated heterocycles. The summed E-state index contributed by atoms with van der Waals surface area (Å²) in [6.07, 6.45) is 0. The first-order chi connectivity index (χ1) is 13.6. The maximum absolute atomic E-state index is 6.28. The van der Waals surface area contributed by atoms with Crippen LogP contribution in [0, 0.1) is 0 Å². The van der Waals surface area contributed by atoms with Gasteiger partial charge in [0.2, 0.25) is 0 Å². The van der Waals surface area contributed by atoms with E-state index < -0.39 is 0 Å². The number of hydrogen-bond donors (Lipinski definition) is 3. The van der Waals surface area contributed by atoms with Crippen LogP contribution in [0.25, 0.3) is 22.0 Å². The van der Waals surface area contributed by atoms with E-state index in [0.29, 0.717) is 29.8 Å². The minimum Gasteiger partial charge on any atom is -0.490 e. The van der Waals surface area contributed by atoms with Gasteiger partial charge in [0.05, 0.1) is 18.9 Å². The number of aromatic amines is 2. The van der Waals surface area contributed by atoms with Gasteiger partial charge in [-0.2, -0.15) is 0 Å². The minimum absolute atomic E-state index is 0.512. The molecule has 0 fully saturated rings. The van der Waals surface area contributed by atoms with Gasteiger partial charge in [0.1, 0.15) is 5.82 Å². The van der Waals surface area contributed by atoms with Gasteiger partial charge in [-0.05, 0) is 49.6 Å². The normalized spacial score (nSPS) is 11.3. The molecular weight excluding hydrogens is 397 g/mol.